The molecular formula is C28H30N2O2S. The van der Waals surface area contributed by atoms with Gasteiger partial charge in [0, 0.05) is 17.7 Å². The third-order valence-corrected chi connectivity index (χ3v) is 6.71. The Labute approximate surface area is 199 Å². The summed E-state index contributed by atoms with van der Waals surface area (Å²) in [5.74, 6) is 1.35. The van der Waals surface area contributed by atoms with Crippen LogP contribution < -0.4 is 10.1 Å². The van der Waals surface area contributed by atoms with Gasteiger partial charge in [-0.15, -0.1) is 11.3 Å². The van der Waals surface area contributed by atoms with Crippen LogP contribution in [0, 0.1) is 13.8 Å². The second kappa shape index (κ2) is 10.2. The van der Waals surface area contributed by atoms with E-state index in [1.807, 2.05) is 30.3 Å². The minimum absolute atomic E-state index is 0.00634. The van der Waals surface area contributed by atoms with E-state index in [9.17, 15) is 4.79 Å². The summed E-state index contributed by atoms with van der Waals surface area (Å²) in [6.07, 6.45) is 1.09. The minimum Gasteiger partial charge on any atom is -0.494 e. The van der Waals surface area contributed by atoms with E-state index < -0.39 is 0 Å². The van der Waals surface area contributed by atoms with Crippen LogP contribution in [0.4, 0.5) is 5.69 Å². The van der Waals surface area contributed by atoms with E-state index in [2.05, 4.69) is 63.3 Å². The molecule has 0 fully saturated rings. The van der Waals surface area contributed by atoms with Gasteiger partial charge < -0.3 is 10.1 Å². The van der Waals surface area contributed by atoms with Crippen LogP contribution in [-0.2, 0) is 4.79 Å². The summed E-state index contributed by atoms with van der Waals surface area (Å²) in [5.41, 5.74) is 6.68. The second-order valence-electron chi connectivity index (χ2n) is 8.74. The molecular weight excluding hydrogens is 428 g/mol. The Morgan fingerprint density at radius 1 is 1.03 bits per heavy atom. The van der Waals surface area contributed by atoms with Crippen LogP contribution >= 0.6 is 11.3 Å². The topological polar surface area (TPSA) is 51.2 Å². The second-order valence-corrected chi connectivity index (χ2v) is 9.77. The fraction of sp³-hybridized carbons (Fsp3) is 0.286. The molecule has 170 valence electrons. The van der Waals surface area contributed by atoms with Gasteiger partial charge in [-0.25, -0.2) is 4.98 Å². The highest BCUT2D eigenvalue weighted by molar-refractivity contribution is 7.21. The Hall–Kier alpha value is -3.18. The molecule has 0 spiro atoms. The molecule has 0 saturated carbocycles. The first-order valence-electron chi connectivity index (χ1n) is 11.4. The van der Waals surface area contributed by atoms with E-state index in [4.69, 9.17) is 9.72 Å². The van der Waals surface area contributed by atoms with Crippen LogP contribution in [0.2, 0.25) is 0 Å². The monoisotopic (exact) mass is 458 g/mol. The van der Waals surface area contributed by atoms with E-state index in [0.717, 1.165) is 27.5 Å². The first kappa shape index (κ1) is 23.0. The molecule has 1 heterocycles. The molecule has 0 unspecified atom stereocenters. The lowest BCUT2D eigenvalue weighted by Gasteiger charge is -2.12. The highest BCUT2D eigenvalue weighted by Gasteiger charge is 2.08. The number of thiazole rings is 1. The molecule has 0 aliphatic heterocycles. The number of hydrogen-bond acceptors (Lipinski definition) is 4. The van der Waals surface area contributed by atoms with Crippen LogP contribution in [-0.4, -0.2) is 17.5 Å². The largest absolute Gasteiger partial charge is 0.494 e. The predicted octanol–water partition coefficient (Wildman–Crippen LogP) is 7.50. The van der Waals surface area contributed by atoms with Crippen molar-refractivity contribution >= 4 is 33.1 Å². The average molecular weight is 459 g/mol. The zero-order chi connectivity index (χ0) is 23.4. The zero-order valence-corrected chi connectivity index (χ0v) is 20.5. The number of anilines is 1. The van der Waals surface area contributed by atoms with Crippen molar-refractivity contribution in [1.29, 1.82) is 0 Å². The minimum atomic E-state index is -0.00634. The highest BCUT2D eigenvalue weighted by Crippen LogP contribution is 2.31. The Bertz CT molecular complexity index is 1260. The summed E-state index contributed by atoms with van der Waals surface area (Å²) >= 11 is 1.69. The lowest BCUT2D eigenvalue weighted by atomic mass is 9.98. The fourth-order valence-electron chi connectivity index (χ4n) is 3.88. The molecule has 0 atom stereocenters. The van der Waals surface area contributed by atoms with Crippen LogP contribution in [0.1, 0.15) is 49.3 Å². The first-order chi connectivity index (χ1) is 15.9. The van der Waals surface area contributed by atoms with Crippen molar-refractivity contribution in [2.75, 3.05) is 11.9 Å². The summed E-state index contributed by atoms with van der Waals surface area (Å²) in [4.78, 5) is 17.1. The standard InChI is InChI=1S/C28H30N2O2S/c1-18(2)24-13-12-23(17-20(24)4)32-15-5-6-27(31)29-22-10-8-21(9-11-22)28-30-25-14-7-19(3)16-26(25)33-28/h7-14,16-18H,5-6,15H2,1-4H3,(H,29,31). The molecule has 1 amide bonds. The molecule has 0 bridgehead atoms. The van der Waals surface area contributed by atoms with Crippen LogP contribution in [0.5, 0.6) is 5.75 Å². The maximum Gasteiger partial charge on any atom is 0.224 e. The smallest absolute Gasteiger partial charge is 0.224 e. The number of aryl methyl sites for hydroxylation is 2. The van der Waals surface area contributed by atoms with E-state index in [1.54, 1.807) is 11.3 Å². The summed E-state index contributed by atoms with van der Waals surface area (Å²) in [5, 5.41) is 3.96. The van der Waals surface area contributed by atoms with Gasteiger partial charge in [0.15, 0.2) is 0 Å². The Kier molecular flexibility index (Phi) is 7.09. The van der Waals surface area contributed by atoms with Gasteiger partial charge in [0.1, 0.15) is 10.8 Å². The van der Waals surface area contributed by atoms with Crippen molar-refractivity contribution in [3.05, 3.63) is 77.4 Å². The third-order valence-electron chi connectivity index (χ3n) is 5.64. The molecule has 0 radical (unpaired) electrons. The molecule has 0 saturated heterocycles. The normalized spacial score (nSPS) is 11.2. The Morgan fingerprint density at radius 3 is 2.55 bits per heavy atom. The maximum atomic E-state index is 12.3. The Balaban J connectivity index is 1.26. The quantitative estimate of drug-likeness (QED) is 0.278. The number of rotatable bonds is 8. The molecule has 33 heavy (non-hydrogen) atoms. The molecule has 1 aromatic heterocycles. The van der Waals surface area contributed by atoms with Gasteiger partial charge in [-0.2, -0.15) is 0 Å². The van der Waals surface area contributed by atoms with Gasteiger partial charge in [0.25, 0.3) is 0 Å². The molecule has 4 aromatic rings. The number of ether oxygens (including phenoxy) is 1. The summed E-state index contributed by atoms with van der Waals surface area (Å²) in [6, 6.07) is 20.4. The van der Waals surface area contributed by atoms with E-state index in [0.29, 0.717) is 25.4 Å². The molecule has 4 nitrogen and oxygen atoms in total. The van der Waals surface area contributed by atoms with Gasteiger partial charge in [-0.05, 0) is 91.4 Å². The van der Waals surface area contributed by atoms with Crippen molar-refractivity contribution in [2.24, 2.45) is 0 Å². The maximum absolute atomic E-state index is 12.3. The number of aromatic nitrogens is 1. The molecule has 5 heteroatoms. The van der Waals surface area contributed by atoms with E-state index >= 15 is 0 Å². The number of carbonyl (C=O) groups excluding carboxylic acids is 1. The lowest BCUT2D eigenvalue weighted by Crippen LogP contribution is -2.12. The number of amides is 1. The molecule has 0 aliphatic rings. The molecule has 3 aromatic carbocycles. The van der Waals surface area contributed by atoms with Gasteiger partial charge in [-0.1, -0.05) is 26.0 Å². The number of nitrogens with one attached hydrogen (secondary N) is 1. The van der Waals surface area contributed by atoms with Crippen molar-refractivity contribution in [2.45, 2.75) is 46.5 Å². The van der Waals surface area contributed by atoms with Gasteiger partial charge >= 0.3 is 0 Å². The van der Waals surface area contributed by atoms with Crippen LogP contribution in [0.15, 0.2) is 60.7 Å². The van der Waals surface area contributed by atoms with Gasteiger partial charge in [-0.3, -0.25) is 4.79 Å². The van der Waals surface area contributed by atoms with Gasteiger partial charge in [0.2, 0.25) is 5.91 Å². The average Bonchev–Trinajstić information content (AvgIpc) is 3.20. The summed E-state index contributed by atoms with van der Waals surface area (Å²) in [7, 11) is 0. The zero-order valence-electron chi connectivity index (χ0n) is 19.6. The number of hydrogen-bond donors (Lipinski definition) is 1. The lowest BCUT2D eigenvalue weighted by molar-refractivity contribution is -0.116. The fourth-order valence-corrected chi connectivity index (χ4v) is 4.95. The van der Waals surface area contributed by atoms with Gasteiger partial charge in [0.05, 0.1) is 16.8 Å². The Morgan fingerprint density at radius 2 is 1.82 bits per heavy atom. The molecule has 4 rings (SSSR count). The van der Waals surface area contributed by atoms with Crippen molar-refractivity contribution in [3.8, 4) is 16.3 Å². The predicted molar refractivity (Wildman–Crippen MR) is 138 cm³/mol. The number of carbonyl (C=O) groups is 1. The number of fused-ring (bicyclic) bond motifs is 1. The van der Waals surface area contributed by atoms with Crippen LogP contribution in [0.3, 0.4) is 0 Å². The summed E-state index contributed by atoms with van der Waals surface area (Å²) in [6.45, 7) is 9.10. The first-order valence-corrected chi connectivity index (χ1v) is 12.2. The van der Waals surface area contributed by atoms with E-state index in [-0.39, 0.29) is 5.91 Å². The molecule has 1 N–H and O–H groups in total. The number of nitrogens with zero attached hydrogens (tertiary/aromatic N) is 1. The van der Waals surface area contributed by atoms with Crippen molar-refractivity contribution in [1.82, 2.24) is 4.98 Å². The van der Waals surface area contributed by atoms with E-state index in [1.165, 1.54) is 21.4 Å². The van der Waals surface area contributed by atoms with Crippen molar-refractivity contribution < 1.29 is 9.53 Å². The molecule has 0 aliphatic carbocycles. The highest BCUT2D eigenvalue weighted by atomic mass is 32.1. The summed E-state index contributed by atoms with van der Waals surface area (Å²) < 4.78 is 7.02. The van der Waals surface area contributed by atoms with Crippen LogP contribution in [0.25, 0.3) is 20.8 Å². The number of benzene rings is 3. The third kappa shape index (κ3) is 5.79. The van der Waals surface area contributed by atoms with Crippen molar-refractivity contribution in [3.63, 3.8) is 0 Å². The SMILES string of the molecule is Cc1ccc2nc(-c3ccc(NC(=O)CCCOc4ccc(C(C)C)c(C)c4)cc3)sc2c1.